The average molecular weight is 191 g/mol. The molecule has 1 amide bonds. The van der Waals surface area contributed by atoms with E-state index in [0.29, 0.717) is 12.0 Å². The second-order valence-corrected chi connectivity index (χ2v) is 3.00. The second kappa shape index (κ2) is 5.13. The summed E-state index contributed by atoms with van der Waals surface area (Å²) < 4.78 is 4.81. The Bertz CT molecular complexity index is 322. The normalized spacial score (nSPS) is 11.7. The first-order chi connectivity index (χ1) is 6.77. The van der Waals surface area contributed by atoms with Crippen molar-refractivity contribution in [1.29, 1.82) is 0 Å². The smallest absolute Gasteiger partial charge is 0.254 e. The number of terminal acetylenes is 1. The number of furan rings is 1. The second-order valence-electron chi connectivity index (χ2n) is 3.00. The Morgan fingerprint density at radius 2 is 2.57 bits per heavy atom. The van der Waals surface area contributed by atoms with Gasteiger partial charge in [-0.3, -0.25) is 4.79 Å². The van der Waals surface area contributed by atoms with Gasteiger partial charge in [0.25, 0.3) is 5.91 Å². The molecule has 3 nitrogen and oxygen atoms in total. The summed E-state index contributed by atoms with van der Waals surface area (Å²) in [5, 5.41) is 2.83. The Morgan fingerprint density at radius 1 is 1.79 bits per heavy atom. The largest absolute Gasteiger partial charge is 0.472 e. The number of hydrogen-bond acceptors (Lipinski definition) is 2. The van der Waals surface area contributed by atoms with E-state index >= 15 is 0 Å². The van der Waals surface area contributed by atoms with Crippen LogP contribution in [0.15, 0.2) is 23.0 Å². The van der Waals surface area contributed by atoms with Gasteiger partial charge in [0, 0.05) is 12.5 Å². The highest BCUT2D eigenvalue weighted by molar-refractivity contribution is 5.93. The molecular formula is C11H13NO2. The van der Waals surface area contributed by atoms with E-state index in [9.17, 15) is 4.79 Å². The standard InChI is InChI=1S/C11H13NO2/c1-3-5-10(4-2)12-11(13)9-6-7-14-8-9/h1,6-8,10H,4-5H2,2H3,(H,12,13). The number of carbonyl (C=O) groups excluding carboxylic acids is 1. The fraction of sp³-hybridized carbons (Fsp3) is 0.364. The molecule has 0 spiro atoms. The van der Waals surface area contributed by atoms with E-state index in [0.717, 1.165) is 6.42 Å². The van der Waals surface area contributed by atoms with Gasteiger partial charge in [-0.25, -0.2) is 0 Å². The van der Waals surface area contributed by atoms with Crippen LogP contribution in [-0.2, 0) is 0 Å². The van der Waals surface area contributed by atoms with Gasteiger partial charge in [0.1, 0.15) is 6.26 Å². The molecule has 1 heterocycles. The van der Waals surface area contributed by atoms with Gasteiger partial charge in [0.15, 0.2) is 0 Å². The summed E-state index contributed by atoms with van der Waals surface area (Å²) in [6.45, 7) is 1.98. The molecule has 1 aromatic heterocycles. The Morgan fingerprint density at radius 3 is 3.07 bits per heavy atom. The molecule has 1 unspecified atom stereocenters. The van der Waals surface area contributed by atoms with Gasteiger partial charge in [0.05, 0.1) is 11.8 Å². The lowest BCUT2D eigenvalue weighted by Crippen LogP contribution is -2.33. The van der Waals surface area contributed by atoms with Crippen molar-refractivity contribution >= 4 is 5.91 Å². The molecule has 0 fully saturated rings. The summed E-state index contributed by atoms with van der Waals surface area (Å²) >= 11 is 0. The lowest BCUT2D eigenvalue weighted by atomic mass is 10.1. The van der Waals surface area contributed by atoms with E-state index in [-0.39, 0.29) is 11.9 Å². The van der Waals surface area contributed by atoms with E-state index in [1.54, 1.807) is 6.07 Å². The number of carbonyl (C=O) groups is 1. The highest BCUT2D eigenvalue weighted by Gasteiger charge is 2.11. The first-order valence-electron chi connectivity index (χ1n) is 4.54. The molecule has 0 radical (unpaired) electrons. The van der Waals surface area contributed by atoms with Crippen LogP contribution in [0.2, 0.25) is 0 Å². The maximum Gasteiger partial charge on any atom is 0.254 e. The first kappa shape index (κ1) is 10.4. The number of hydrogen-bond donors (Lipinski definition) is 1. The van der Waals surface area contributed by atoms with Crippen LogP contribution in [0.5, 0.6) is 0 Å². The highest BCUT2D eigenvalue weighted by Crippen LogP contribution is 2.02. The third-order valence-electron chi connectivity index (χ3n) is 1.98. The minimum atomic E-state index is -0.138. The summed E-state index contributed by atoms with van der Waals surface area (Å²) in [7, 11) is 0. The van der Waals surface area contributed by atoms with E-state index in [2.05, 4.69) is 11.2 Å². The predicted molar refractivity (Wildman–Crippen MR) is 53.7 cm³/mol. The van der Waals surface area contributed by atoms with Gasteiger partial charge < -0.3 is 9.73 Å². The quantitative estimate of drug-likeness (QED) is 0.737. The minimum Gasteiger partial charge on any atom is -0.472 e. The summed E-state index contributed by atoms with van der Waals surface area (Å²) in [6.07, 6.45) is 9.45. The Kier molecular flexibility index (Phi) is 3.81. The Labute approximate surface area is 83.5 Å². The van der Waals surface area contributed by atoms with E-state index in [1.807, 2.05) is 6.92 Å². The monoisotopic (exact) mass is 191 g/mol. The zero-order valence-electron chi connectivity index (χ0n) is 8.12. The third kappa shape index (κ3) is 2.67. The van der Waals surface area contributed by atoms with Crippen LogP contribution < -0.4 is 5.32 Å². The number of rotatable bonds is 4. The summed E-state index contributed by atoms with van der Waals surface area (Å²) in [5.74, 6) is 2.39. The molecule has 1 N–H and O–H groups in total. The van der Waals surface area contributed by atoms with Crippen LogP contribution in [0.3, 0.4) is 0 Å². The van der Waals surface area contributed by atoms with Gasteiger partial charge in [-0.1, -0.05) is 6.92 Å². The van der Waals surface area contributed by atoms with Crippen LogP contribution in [0.4, 0.5) is 0 Å². The molecule has 3 heteroatoms. The molecule has 14 heavy (non-hydrogen) atoms. The SMILES string of the molecule is C#CCC(CC)NC(=O)c1ccoc1. The van der Waals surface area contributed by atoms with Gasteiger partial charge in [-0.05, 0) is 12.5 Å². The molecule has 1 atom stereocenters. The fourth-order valence-corrected chi connectivity index (χ4v) is 1.10. The molecule has 1 rings (SSSR count). The first-order valence-corrected chi connectivity index (χ1v) is 4.54. The van der Waals surface area contributed by atoms with Gasteiger partial charge in [0.2, 0.25) is 0 Å². The van der Waals surface area contributed by atoms with Crippen molar-refractivity contribution in [2.45, 2.75) is 25.8 Å². The molecule has 0 saturated carbocycles. The van der Waals surface area contributed by atoms with Crippen LogP contribution in [0, 0.1) is 12.3 Å². The molecule has 0 bridgehead atoms. The van der Waals surface area contributed by atoms with Crippen molar-refractivity contribution in [1.82, 2.24) is 5.32 Å². The van der Waals surface area contributed by atoms with Crippen molar-refractivity contribution in [3.8, 4) is 12.3 Å². The predicted octanol–water partition coefficient (Wildman–Crippen LogP) is 1.81. The molecular weight excluding hydrogens is 178 g/mol. The van der Waals surface area contributed by atoms with Crippen molar-refractivity contribution in [3.63, 3.8) is 0 Å². The molecule has 0 aliphatic heterocycles. The van der Waals surface area contributed by atoms with Gasteiger partial charge >= 0.3 is 0 Å². The molecule has 74 valence electrons. The zero-order chi connectivity index (χ0) is 10.4. The van der Waals surface area contributed by atoms with E-state index < -0.39 is 0 Å². The molecule has 0 aliphatic carbocycles. The lowest BCUT2D eigenvalue weighted by Gasteiger charge is -2.12. The molecule has 0 saturated heterocycles. The average Bonchev–Trinajstić information content (AvgIpc) is 2.69. The van der Waals surface area contributed by atoms with E-state index in [4.69, 9.17) is 10.8 Å². The molecule has 1 aromatic rings. The molecule has 0 aliphatic rings. The number of nitrogens with one attached hydrogen (secondary N) is 1. The lowest BCUT2D eigenvalue weighted by molar-refractivity contribution is 0.0936. The van der Waals surface area contributed by atoms with Gasteiger partial charge in [-0.15, -0.1) is 12.3 Å². The topological polar surface area (TPSA) is 42.2 Å². The highest BCUT2D eigenvalue weighted by atomic mass is 16.3. The van der Waals surface area contributed by atoms with Crippen molar-refractivity contribution in [3.05, 3.63) is 24.2 Å². The van der Waals surface area contributed by atoms with Crippen molar-refractivity contribution in [2.24, 2.45) is 0 Å². The number of amides is 1. The summed E-state index contributed by atoms with van der Waals surface area (Å²) in [5.41, 5.74) is 0.528. The van der Waals surface area contributed by atoms with Crippen LogP contribution in [-0.4, -0.2) is 11.9 Å². The summed E-state index contributed by atoms with van der Waals surface area (Å²) in [6, 6.07) is 1.67. The Hall–Kier alpha value is -1.69. The summed E-state index contributed by atoms with van der Waals surface area (Å²) in [4.78, 5) is 11.5. The zero-order valence-corrected chi connectivity index (χ0v) is 8.12. The van der Waals surface area contributed by atoms with E-state index in [1.165, 1.54) is 12.5 Å². The third-order valence-corrected chi connectivity index (χ3v) is 1.98. The van der Waals surface area contributed by atoms with Gasteiger partial charge in [-0.2, -0.15) is 0 Å². The molecule has 0 aromatic carbocycles. The fourth-order valence-electron chi connectivity index (χ4n) is 1.10. The maximum absolute atomic E-state index is 11.5. The van der Waals surface area contributed by atoms with Crippen molar-refractivity contribution < 1.29 is 9.21 Å². The van der Waals surface area contributed by atoms with Crippen LogP contribution >= 0.6 is 0 Å². The van der Waals surface area contributed by atoms with Crippen LogP contribution in [0.25, 0.3) is 0 Å². The maximum atomic E-state index is 11.5. The Balaban J connectivity index is 2.52. The minimum absolute atomic E-state index is 0.0439. The van der Waals surface area contributed by atoms with Crippen molar-refractivity contribution in [2.75, 3.05) is 0 Å². The van der Waals surface area contributed by atoms with Crippen LogP contribution in [0.1, 0.15) is 30.1 Å².